The van der Waals surface area contributed by atoms with E-state index in [-0.39, 0.29) is 141 Å². The van der Waals surface area contributed by atoms with Gasteiger partial charge in [0.1, 0.15) is 175 Å². The average Bonchev–Trinajstić information content (AvgIpc) is 1.69. The molecule has 623 valence electrons. The molecule has 7 aliphatic rings. The molecule has 6 heterocycles. The molecule has 110 heavy (non-hydrogen) atoms. The van der Waals surface area contributed by atoms with Gasteiger partial charge >= 0.3 is 0 Å². The van der Waals surface area contributed by atoms with Crippen molar-refractivity contribution in [2.24, 2.45) is 11.7 Å². The zero-order chi connectivity index (χ0) is 82.5. The molecule has 0 bridgehead atoms. The number of alkyl halides is 2. The van der Waals surface area contributed by atoms with Crippen LogP contribution in [-0.2, 0) is 135 Å². The second-order valence-corrected chi connectivity index (χ2v) is 34.1. The molecule has 0 aromatic carbocycles. The molecule has 14 unspecified atom stereocenters. The van der Waals surface area contributed by atoms with Crippen LogP contribution in [0.1, 0.15) is 19.3 Å². The SMILES string of the molecule is [B][C@@H]1O[C@H](COC)C(OP(C)(=O)[O-])[C@@H]1F.[B][C@@H]1O[C@H](COC)C(OP(C)(=O)[O-])[C@@H]1OC.[B][C@@H]1O[C@H](COC)C(OP(C)(=O)[O-])[C@@H]1OCCCN.[B][C@@H]1O[C@H](COC)C(OP(C)(=O)[O-])[C@@H]1OCCOC.[B][C@@H]1O[C@H](COC)C(OP(C)(=O)[O-])[C@H]1F.[B][C@H]1C=CC(COC)C(OC)C1.[B][C@H]1COC(COC)C(OC)C1.[Ce].[Na]. The van der Waals surface area contributed by atoms with E-state index in [1.54, 1.807) is 28.4 Å². The van der Waals surface area contributed by atoms with Crippen LogP contribution in [0.4, 0.5) is 8.78 Å². The van der Waals surface area contributed by atoms with E-state index in [0.29, 0.717) is 51.9 Å². The molecule has 0 aromatic heterocycles. The van der Waals surface area contributed by atoms with Crippen LogP contribution < -0.4 is 30.2 Å². The van der Waals surface area contributed by atoms with Crippen LogP contribution in [0.15, 0.2) is 12.2 Å². The largest absolute Gasteiger partial charge is 0.779 e. The summed E-state index contributed by atoms with van der Waals surface area (Å²) in [6, 6.07) is -4.60. The van der Waals surface area contributed by atoms with E-state index in [1.165, 1.54) is 49.8 Å². The van der Waals surface area contributed by atoms with Gasteiger partial charge in [0.2, 0.25) is 0 Å². The molecular weight excluding hydrogens is 1700 g/mol. The summed E-state index contributed by atoms with van der Waals surface area (Å²) in [7, 11) is 36.4. The summed E-state index contributed by atoms with van der Waals surface area (Å²) in [4.78, 5) is 55.5. The number of rotatable bonds is 35. The van der Waals surface area contributed by atoms with E-state index in [9.17, 15) is 56.1 Å². The summed E-state index contributed by atoms with van der Waals surface area (Å²) in [5.41, 5.74) is 5.37. The van der Waals surface area contributed by atoms with Crippen molar-refractivity contribution in [2.45, 2.75) is 171 Å². The summed E-state index contributed by atoms with van der Waals surface area (Å²) < 4.78 is 204. The summed E-state index contributed by atoms with van der Waals surface area (Å²) in [5.74, 6) is 0.603. The maximum atomic E-state index is 13.4. The molecule has 15 radical (unpaired) electrons. The Kier molecular flexibility index (Phi) is 61.6. The number of halogens is 2. The molecule has 0 aromatic rings. The second kappa shape index (κ2) is 59.2. The van der Waals surface area contributed by atoms with Gasteiger partial charge in [-0.1, -0.05) is 23.8 Å². The molecule has 35 nitrogen and oxygen atoms in total. The third kappa shape index (κ3) is 45.5. The molecule has 6 aliphatic heterocycles. The number of nitrogens with two attached hydrogens (primary N) is 1. The van der Waals surface area contributed by atoms with E-state index in [4.69, 9.17) is 164 Å². The quantitative estimate of drug-likeness (QED) is 0.0288. The first kappa shape index (κ1) is 114. The molecule has 6 fully saturated rings. The van der Waals surface area contributed by atoms with Gasteiger partial charge in [-0.25, -0.2) is 8.78 Å². The Morgan fingerprint density at radius 2 is 0.718 bits per heavy atom. The maximum absolute atomic E-state index is 13.4. The Bertz CT molecular complexity index is 2570. The van der Waals surface area contributed by atoms with Crippen molar-refractivity contribution in [1.82, 2.24) is 0 Å². The Morgan fingerprint density at radius 3 is 1.05 bits per heavy atom. The third-order valence-corrected chi connectivity index (χ3v) is 18.9. The van der Waals surface area contributed by atoms with Crippen LogP contribution >= 0.6 is 38.0 Å². The van der Waals surface area contributed by atoms with Crippen LogP contribution in [0.2, 0.25) is 11.6 Å². The van der Waals surface area contributed by atoms with E-state index in [2.05, 4.69) is 15.1 Å². The van der Waals surface area contributed by atoms with Crippen molar-refractivity contribution in [3.63, 3.8) is 0 Å². The molecule has 7 rings (SSSR count). The monoisotopic (exact) mass is 1810 g/mol. The normalized spacial score (nSPS) is 36.3. The van der Waals surface area contributed by atoms with E-state index >= 15 is 0 Å². The Balaban J connectivity index is 0. The van der Waals surface area contributed by atoms with Crippen molar-refractivity contribution in [3.8, 4) is 0 Å². The van der Waals surface area contributed by atoms with Gasteiger partial charge in [0.15, 0.2) is 0 Å². The molecule has 0 spiro atoms. The summed E-state index contributed by atoms with van der Waals surface area (Å²) in [6.45, 7) is 8.68. The smallest absolute Gasteiger partial charge is 0.147 e. The predicted molar refractivity (Wildman–Crippen MR) is 391 cm³/mol. The van der Waals surface area contributed by atoms with Crippen molar-refractivity contribution in [2.75, 3.05) is 191 Å². The van der Waals surface area contributed by atoms with Gasteiger partial charge in [0, 0.05) is 220 Å². The van der Waals surface area contributed by atoms with Gasteiger partial charge in [-0.2, -0.15) is 0 Å². The zero-order valence-corrected chi connectivity index (χ0v) is 75.4. The molecule has 31 atom stereocenters. The van der Waals surface area contributed by atoms with Crippen molar-refractivity contribution < 1.29 is 210 Å². The molecular formula is C59H108B7CeF2NNaO34P5-5. The molecule has 2 N–H and O–H groups in total. The zero-order valence-electron chi connectivity index (χ0n) is 65.8. The topological polar surface area (TPSA) is 448 Å². The fourth-order valence-corrected chi connectivity index (χ4v) is 14.7. The molecule has 0 saturated carbocycles. The minimum absolute atomic E-state index is 0. The van der Waals surface area contributed by atoms with Crippen LogP contribution in [0.25, 0.3) is 0 Å². The maximum Gasteiger partial charge on any atom is 0.147 e. The fraction of sp³-hybridized carbons (Fsp3) is 0.966. The summed E-state index contributed by atoms with van der Waals surface area (Å²) >= 11 is 0. The van der Waals surface area contributed by atoms with Crippen LogP contribution in [0, 0.1) is 47.7 Å². The van der Waals surface area contributed by atoms with Gasteiger partial charge in [0.25, 0.3) is 0 Å². The number of hydrogen-bond acceptors (Lipinski definition) is 35. The van der Waals surface area contributed by atoms with Crippen LogP contribution in [0.3, 0.4) is 0 Å². The van der Waals surface area contributed by atoms with Gasteiger partial charge in [-0.05, 0) is 25.8 Å². The van der Waals surface area contributed by atoms with Crippen LogP contribution in [-0.4, -0.2) is 415 Å². The minimum atomic E-state index is -4.02. The second-order valence-electron chi connectivity index (χ2n) is 25.3. The first-order valence-electron chi connectivity index (χ1n) is 33.8. The van der Waals surface area contributed by atoms with E-state index in [1.807, 2.05) is 6.08 Å². The van der Waals surface area contributed by atoms with E-state index in [0.717, 1.165) is 46.2 Å². The Morgan fingerprint density at radius 1 is 0.400 bits per heavy atom. The van der Waals surface area contributed by atoms with Crippen molar-refractivity contribution in [1.29, 1.82) is 0 Å². The first-order valence-corrected chi connectivity index (χ1v) is 43.8. The molecule has 51 heteroatoms. The van der Waals surface area contributed by atoms with Gasteiger partial charge in [-0.3, -0.25) is 0 Å². The first-order chi connectivity index (χ1) is 50.4. The third-order valence-electron chi connectivity index (χ3n) is 15.8. The number of allylic oxidation sites excluding steroid dienone is 1. The Labute approximate surface area is 712 Å². The van der Waals surface area contributed by atoms with Gasteiger partial charge in [0.05, 0.1) is 99.4 Å². The molecule has 0 amide bonds. The predicted octanol–water partition coefficient (Wildman–Crippen LogP) is -2.88. The number of hydrogen-bond donors (Lipinski definition) is 1. The average molecular weight is 1810 g/mol. The molecule has 6 saturated heterocycles. The van der Waals surface area contributed by atoms with Crippen molar-refractivity contribution in [3.05, 3.63) is 12.2 Å². The van der Waals surface area contributed by atoms with Gasteiger partial charge in [-0.15, -0.1) is 0 Å². The fourth-order valence-electron chi connectivity index (χ4n) is 11.2. The van der Waals surface area contributed by atoms with E-state index < -0.39 is 160 Å². The number of ether oxygens (including phenoxy) is 19. The van der Waals surface area contributed by atoms with Crippen molar-refractivity contribution >= 4 is 122 Å². The molecule has 1 aliphatic carbocycles. The van der Waals surface area contributed by atoms with Gasteiger partial charge < -0.3 is 166 Å². The van der Waals surface area contributed by atoms with Crippen LogP contribution in [0.5, 0.6) is 0 Å². The number of methoxy groups -OCH3 is 11. The minimum Gasteiger partial charge on any atom is -0.779 e. The standard InChI is InChI=1S/C10H21BNO6P.C10H20BO7P.C9H15BO2.C8H16BO6P.C8H15BO3.2C7H13BFO5P.Ce.Na/c1-15-6-7-8(18-19(2,13)14)9(10(11)17-7)16-5-3-4-12;1-14-4-5-16-9-8(18-19(3,12)13)7(6-15-2)17-10(9)11;1-11-6-7-3-4-8(10)5-9(7)12-2;1-12-4-5-6(15-16(3,10)11)7(13-2)8(9)14-5;1-10-5-8-7(11-2)3-6(9)4-12-8;2*1-12-3-4-6(14-15(2,10)11)5(9)7(8)13-4;;/h7-10H,3-6,12H2,1-2H3,(H,13,14);7-10H,4-6H2,1-3H3,(H,12,13);3-4,7-9H,5-6H2,1-2H3;5-8H,4H2,1-3H3,(H,10,11);6-8H,3-5H2,1-2H3;2*4-7H,3H2,1-2H3,(H,10,11);;/p-5/t2*7-,8?,9+,10-;7?,8-,9?;5-,6?,7+,8-;6-,7?,8?;4-,5+,6?,7-;4-,5-,6?,7-;;/m1101111../s1. The summed E-state index contributed by atoms with van der Waals surface area (Å²) in [6.07, 6.45) is -6.65. The Hall–Kier alpha value is 2.38. The summed E-state index contributed by atoms with van der Waals surface area (Å²) in [5, 5.41) is 0.